The Labute approximate surface area is 251 Å². The number of hydrogen-bond acceptors (Lipinski definition) is 5. The summed E-state index contributed by atoms with van der Waals surface area (Å²) < 4.78 is 40.3. The van der Waals surface area contributed by atoms with E-state index in [1.165, 1.54) is 36.8 Å². The van der Waals surface area contributed by atoms with E-state index in [1.807, 2.05) is 12.2 Å². The molecule has 3 aromatic rings. The predicted octanol–water partition coefficient (Wildman–Crippen LogP) is 7.55. The molecule has 42 heavy (non-hydrogen) atoms. The van der Waals surface area contributed by atoms with Crippen molar-refractivity contribution in [2.75, 3.05) is 25.0 Å². The Morgan fingerprint density at radius 1 is 1.12 bits per heavy atom. The van der Waals surface area contributed by atoms with Gasteiger partial charge in [-0.2, -0.15) is 13.2 Å². The summed E-state index contributed by atoms with van der Waals surface area (Å²) in [7, 11) is 0. The number of alkyl halides is 3. The molecule has 1 aliphatic rings. The van der Waals surface area contributed by atoms with Gasteiger partial charge in [-0.1, -0.05) is 54.1 Å². The topological polar surface area (TPSA) is 90.8 Å². The minimum Gasteiger partial charge on any atom is -0.633 e. The molecule has 0 unspecified atom stereocenters. The number of carbonyl (C=O) groups is 1. The lowest BCUT2D eigenvalue weighted by molar-refractivity contribution is -0.881. The molecule has 7 nitrogen and oxygen atoms in total. The molecule has 0 radical (unpaired) electrons. The van der Waals surface area contributed by atoms with Gasteiger partial charge in [-0.15, -0.1) is 0 Å². The maximum atomic E-state index is 13.7. The smallest absolute Gasteiger partial charge is 0.416 e. The highest BCUT2D eigenvalue weighted by molar-refractivity contribution is 6.30. The second-order valence-electron chi connectivity index (χ2n) is 9.96. The van der Waals surface area contributed by atoms with Crippen molar-refractivity contribution in [2.24, 2.45) is 0 Å². The number of amides is 1. The number of aromatic nitrogens is 3. The van der Waals surface area contributed by atoms with Crippen LogP contribution in [0.1, 0.15) is 46.1 Å². The van der Waals surface area contributed by atoms with Gasteiger partial charge in [0.1, 0.15) is 17.5 Å². The van der Waals surface area contributed by atoms with E-state index in [9.17, 15) is 23.2 Å². The Morgan fingerprint density at radius 3 is 2.48 bits per heavy atom. The Kier molecular flexibility index (Phi) is 10.2. The van der Waals surface area contributed by atoms with Crippen molar-refractivity contribution < 1.29 is 22.6 Å². The summed E-state index contributed by atoms with van der Waals surface area (Å²) in [5, 5.41) is 17.0. The highest BCUT2D eigenvalue weighted by atomic mass is 35.5. The molecule has 1 amide bonds. The van der Waals surface area contributed by atoms with Gasteiger partial charge in [0.15, 0.2) is 0 Å². The molecule has 0 atom stereocenters. The number of hydroxylamine groups is 3. The number of likely N-dealkylation sites (tertiary alicyclic amines) is 1. The molecular weight excluding hydrogens is 590 g/mol. The lowest BCUT2D eigenvalue weighted by atomic mass is 9.86. The molecule has 1 saturated heterocycles. The quantitative estimate of drug-likeness (QED) is 0.116. The first-order valence-corrected chi connectivity index (χ1v) is 13.9. The number of anilines is 1. The third-order valence-electron chi connectivity index (χ3n) is 6.93. The van der Waals surface area contributed by atoms with Crippen LogP contribution in [0.15, 0.2) is 85.4 Å². The van der Waals surface area contributed by atoms with Crippen molar-refractivity contribution in [1.82, 2.24) is 15.0 Å². The number of halogens is 5. The summed E-state index contributed by atoms with van der Waals surface area (Å²) in [5.41, 5.74) is 0.764. The van der Waals surface area contributed by atoms with Crippen molar-refractivity contribution in [2.45, 2.75) is 31.4 Å². The monoisotopic (exact) mass is 617 g/mol. The van der Waals surface area contributed by atoms with Gasteiger partial charge in [-0.25, -0.2) is 15.0 Å². The van der Waals surface area contributed by atoms with Crippen LogP contribution in [-0.2, 0) is 12.6 Å². The minimum atomic E-state index is -4.56. The highest BCUT2D eigenvalue weighted by Crippen LogP contribution is 2.39. The standard InChI is InChI=1S/C30H28Cl2F3N5O2/c1-2-4-20(5-3-6-28-37-17-24(31)18-38-28)19-40(42)13-10-21(11-14-40)25-16-23(30(33,34)35)7-8-26(25)39-29(41)22-9-12-36-27(32)15-22/h2-5,7-9,12,15-18,21H,1,6,10-11,13-14,19H2,(H,39,41). The maximum absolute atomic E-state index is 13.7. The molecule has 1 aromatic carbocycles. The predicted molar refractivity (Wildman–Crippen MR) is 157 cm³/mol. The van der Waals surface area contributed by atoms with E-state index in [-0.39, 0.29) is 42.0 Å². The zero-order chi connectivity index (χ0) is 30.3. The Morgan fingerprint density at radius 2 is 1.83 bits per heavy atom. The second-order valence-corrected chi connectivity index (χ2v) is 10.8. The van der Waals surface area contributed by atoms with E-state index in [2.05, 4.69) is 26.8 Å². The lowest BCUT2D eigenvalue weighted by Crippen LogP contribution is -2.48. The second kappa shape index (κ2) is 13.6. The number of benzene rings is 1. The van der Waals surface area contributed by atoms with Crippen molar-refractivity contribution in [3.63, 3.8) is 0 Å². The van der Waals surface area contributed by atoms with Crippen LogP contribution in [0.25, 0.3) is 0 Å². The number of hydrogen-bond donors (Lipinski definition) is 1. The zero-order valence-electron chi connectivity index (χ0n) is 22.5. The number of carbonyl (C=O) groups excluding carboxylic acids is 1. The van der Waals surface area contributed by atoms with E-state index in [0.717, 1.165) is 17.7 Å². The number of allylic oxidation sites excluding steroid dienone is 3. The number of nitrogens with one attached hydrogen (secondary N) is 1. The normalized spacial score (nSPS) is 19.6. The molecule has 1 aliphatic heterocycles. The third kappa shape index (κ3) is 8.48. The maximum Gasteiger partial charge on any atom is 0.416 e. The third-order valence-corrected chi connectivity index (χ3v) is 7.34. The molecule has 0 saturated carbocycles. The average Bonchev–Trinajstić information content (AvgIpc) is 2.94. The molecule has 1 fully saturated rings. The number of nitrogens with zero attached hydrogens (tertiary/aromatic N) is 4. The summed E-state index contributed by atoms with van der Waals surface area (Å²) >= 11 is 11.7. The first kappa shape index (κ1) is 31.4. The summed E-state index contributed by atoms with van der Waals surface area (Å²) in [6, 6.07) is 6.08. The molecule has 1 N–H and O–H groups in total. The number of piperidine rings is 1. The van der Waals surface area contributed by atoms with E-state index < -0.39 is 22.3 Å². The van der Waals surface area contributed by atoms with Crippen LogP contribution >= 0.6 is 23.2 Å². The Bertz CT molecular complexity index is 1490. The van der Waals surface area contributed by atoms with Gasteiger partial charge in [-0.05, 0) is 41.8 Å². The van der Waals surface area contributed by atoms with Gasteiger partial charge in [-0.3, -0.25) is 4.79 Å². The van der Waals surface area contributed by atoms with Crippen molar-refractivity contribution >= 4 is 34.8 Å². The molecule has 3 heterocycles. The lowest BCUT2D eigenvalue weighted by Gasteiger charge is -2.48. The van der Waals surface area contributed by atoms with Gasteiger partial charge in [0.2, 0.25) is 0 Å². The van der Waals surface area contributed by atoms with Gasteiger partial charge in [0.05, 0.1) is 23.7 Å². The zero-order valence-corrected chi connectivity index (χ0v) is 24.0. The molecule has 0 aliphatic carbocycles. The highest BCUT2D eigenvalue weighted by Gasteiger charge is 2.34. The van der Waals surface area contributed by atoms with Crippen LogP contribution < -0.4 is 5.32 Å². The van der Waals surface area contributed by atoms with Crippen LogP contribution in [0.3, 0.4) is 0 Å². The largest absolute Gasteiger partial charge is 0.633 e. The van der Waals surface area contributed by atoms with Crippen LogP contribution in [0.2, 0.25) is 10.2 Å². The Balaban J connectivity index is 1.48. The Hall–Kier alpha value is -3.57. The fourth-order valence-corrected chi connectivity index (χ4v) is 5.11. The molecule has 12 heteroatoms. The molecule has 0 spiro atoms. The van der Waals surface area contributed by atoms with E-state index in [4.69, 9.17) is 23.2 Å². The molecule has 2 aromatic heterocycles. The van der Waals surface area contributed by atoms with Crippen LogP contribution in [-0.4, -0.2) is 45.1 Å². The fourth-order valence-electron chi connectivity index (χ4n) is 4.84. The van der Waals surface area contributed by atoms with Gasteiger partial charge < -0.3 is 15.2 Å². The van der Waals surface area contributed by atoms with Crippen LogP contribution in [0.5, 0.6) is 0 Å². The first-order chi connectivity index (χ1) is 20.0. The molecule has 4 rings (SSSR count). The first-order valence-electron chi connectivity index (χ1n) is 13.1. The average molecular weight is 618 g/mol. The van der Waals surface area contributed by atoms with Gasteiger partial charge in [0, 0.05) is 54.7 Å². The van der Waals surface area contributed by atoms with Crippen molar-refractivity contribution in [3.8, 4) is 0 Å². The number of pyridine rings is 1. The van der Waals surface area contributed by atoms with Crippen molar-refractivity contribution in [3.05, 3.63) is 123 Å². The van der Waals surface area contributed by atoms with Gasteiger partial charge >= 0.3 is 6.18 Å². The summed E-state index contributed by atoms with van der Waals surface area (Å²) in [6.45, 7) is 4.29. The fraction of sp³-hybridized carbons (Fsp3) is 0.267. The SMILES string of the molecule is C=CC=C(C=CCc1ncc(Cl)cn1)C[N+]1([O-])CCC(c2cc(C(F)(F)F)ccc2NC(=O)c2ccnc(Cl)c2)CC1. The summed E-state index contributed by atoms with van der Waals surface area (Å²) in [6.07, 6.45) is 8.01. The van der Waals surface area contributed by atoms with E-state index in [1.54, 1.807) is 12.2 Å². The molecule has 220 valence electrons. The minimum absolute atomic E-state index is 0.116. The van der Waals surface area contributed by atoms with Crippen LogP contribution in [0, 0.1) is 5.21 Å². The van der Waals surface area contributed by atoms with E-state index in [0.29, 0.717) is 35.7 Å². The van der Waals surface area contributed by atoms with E-state index >= 15 is 0 Å². The summed E-state index contributed by atoms with van der Waals surface area (Å²) in [4.78, 5) is 25.0. The van der Waals surface area contributed by atoms with Gasteiger partial charge in [0.25, 0.3) is 5.91 Å². The molecule has 0 bridgehead atoms. The number of quaternary nitrogens is 1. The number of rotatable bonds is 9. The van der Waals surface area contributed by atoms with Crippen molar-refractivity contribution in [1.29, 1.82) is 0 Å². The molecular formula is C30H28Cl2F3N5O2. The van der Waals surface area contributed by atoms with Crippen LogP contribution in [0.4, 0.5) is 18.9 Å². The summed E-state index contributed by atoms with van der Waals surface area (Å²) in [5.74, 6) is -0.301.